The molecule has 2 nitrogen and oxygen atoms in total. The topological polar surface area (TPSA) is 21.3 Å². The summed E-state index contributed by atoms with van der Waals surface area (Å²) in [5, 5.41) is 3.47. The van der Waals surface area contributed by atoms with Gasteiger partial charge in [-0.2, -0.15) is 0 Å². The van der Waals surface area contributed by atoms with E-state index >= 15 is 0 Å². The highest BCUT2D eigenvalue weighted by molar-refractivity contribution is 4.64. The van der Waals surface area contributed by atoms with E-state index in [9.17, 15) is 0 Å². The first-order valence-electron chi connectivity index (χ1n) is 5.92. The number of hydrogen-bond donors (Lipinski definition) is 1. The maximum Gasteiger partial charge on any atom is 0.0462 e. The van der Waals surface area contributed by atoms with Crippen LogP contribution in [0.4, 0.5) is 0 Å². The van der Waals surface area contributed by atoms with Crippen LogP contribution < -0.4 is 5.32 Å². The summed E-state index contributed by atoms with van der Waals surface area (Å²) in [5.74, 6) is 1.58. The molecular formula is C12H27NO. The summed E-state index contributed by atoms with van der Waals surface area (Å²) in [7, 11) is 1.77. The zero-order valence-corrected chi connectivity index (χ0v) is 10.3. The summed E-state index contributed by atoms with van der Waals surface area (Å²) in [4.78, 5) is 0. The Bertz CT molecular complexity index is 103. The van der Waals surface area contributed by atoms with Gasteiger partial charge in [-0.3, -0.25) is 0 Å². The number of hydrogen-bond acceptors (Lipinski definition) is 2. The van der Waals surface area contributed by atoms with Crippen molar-refractivity contribution in [2.45, 2.75) is 40.0 Å². The van der Waals surface area contributed by atoms with Crippen LogP contribution in [0.2, 0.25) is 0 Å². The Hall–Kier alpha value is -0.0800. The standard InChI is InChI=1S/C12H27NO/c1-5-8-13-10-12(3)11(2)7-6-9-14-4/h11-13H,5-10H2,1-4H3. The third-order valence-corrected chi connectivity index (χ3v) is 2.87. The van der Waals surface area contributed by atoms with E-state index in [2.05, 4.69) is 26.1 Å². The third kappa shape index (κ3) is 7.34. The van der Waals surface area contributed by atoms with Crippen LogP contribution in [-0.2, 0) is 4.74 Å². The first-order valence-corrected chi connectivity index (χ1v) is 5.92. The summed E-state index contributed by atoms with van der Waals surface area (Å²) in [6.45, 7) is 10.1. The zero-order valence-electron chi connectivity index (χ0n) is 10.3. The maximum absolute atomic E-state index is 5.05. The molecule has 0 aliphatic heterocycles. The molecule has 0 aromatic heterocycles. The largest absolute Gasteiger partial charge is 0.385 e. The number of nitrogens with one attached hydrogen (secondary N) is 1. The fraction of sp³-hybridized carbons (Fsp3) is 1.00. The van der Waals surface area contributed by atoms with Crippen LogP contribution in [0.3, 0.4) is 0 Å². The van der Waals surface area contributed by atoms with Gasteiger partial charge in [0.2, 0.25) is 0 Å². The molecule has 1 N–H and O–H groups in total. The highest BCUT2D eigenvalue weighted by atomic mass is 16.5. The molecule has 0 heterocycles. The van der Waals surface area contributed by atoms with Gasteiger partial charge in [0.15, 0.2) is 0 Å². The van der Waals surface area contributed by atoms with Gasteiger partial charge in [-0.25, -0.2) is 0 Å². The molecule has 0 amide bonds. The third-order valence-electron chi connectivity index (χ3n) is 2.87. The molecule has 0 spiro atoms. The van der Waals surface area contributed by atoms with E-state index in [1.807, 2.05) is 0 Å². The van der Waals surface area contributed by atoms with E-state index < -0.39 is 0 Å². The average molecular weight is 201 g/mol. The van der Waals surface area contributed by atoms with Crippen LogP contribution in [-0.4, -0.2) is 26.8 Å². The fourth-order valence-corrected chi connectivity index (χ4v) is 1.54. The van der Waals surface area contributed by atoms with Crippen molar-refractivity contribution >= 4 is 0 Å². The van der Waals surface area contributed by atoms with E-state index in [0.717, 1.165) is 31.5 Å². The van der Waals surface area contributed by atoms with Crippen molar-refractivity contribution in [3.8, 4) is 0 Å². The molecule has 2 atom stereocenters. The zero-order chi connectivity index (χ0) is 10.8. The van der Waals surface area contributed by atoms with Gasteiger partial charge in [0.05, 0.1) is 0 Å². The molecule has 0 bridgehead atoms. The van der Waals surface area contributed by atoms with Crippen molar-refractivity contribution in [1.29, 1.82) is 0 Å². The van der Waals surface area contributed by atoms with E-state index in [0.29, 0.717) is 0 Å². The Balaban J connectivity index is 3.39. The molecule has 0 aliphatic carbocycles. The molecule has 2 unspecified atom stereocenters. The molecule has 0 rings (SSSR count). The summed E-state index contributed by atoms with van der Waals surface area (Å²) in [6.07, 6.45) is 3.70. The minimum atomic E-state index is 0.776. The summed E-state index contributed by atoms with van der Waals surface area (Å²) in [6, 6.07) is 0. The molecule has 0 saturated heterocycles. The normalized spacial score (nSPS) is 15.4. The van der Waals surface area contributed by atoms with Gasteiger partial charge in [0, 0.05) is 13.7 Å². The van der Waals surface area contributed by atoms with Gasteiger partial charge >= 0.3 is 0 Å². The first-order chi connectivity index (χ1) is 6.72. The Kier molecular flexibility index (Phi) is 9.42. The lowest BCUT2D eigenvalue weighted by molar-refractivity contribution is 0.182. The van der Waals surface area contributed by atoms with Gasteiger partial charge in [0.25, 0.3) is 0 Å². The summed E-state index contributed by atoms with van der Waals surface area (Å²) < 4.78 is 5.05. The van der Waals surface area contributed by atoms with E-state index in [1.165, 1.54) is 19.3 Å². The fourth-order valence-electron chi connectivity index (χ4n) is 1.54. The Morgan fingerprint density at radius 3 is 2.50 bits per heavy atom. The van der Waals surface area contributed by atoms with Gasteiger partial charge in [-0.05, 0) is 44.2 Å². The molecule has 0 aliphatic rings. The maximum atomic E-state index is 5.05. The van der Waals surface area contributed by atoms with Crippen molar-refractivity contribution < 1.29 is 4.74 Å². The summed E-state index contributed by atoms with van der Waals surface area (Å²) >= 11 is 0. The number of ether oxygens (including phenoxy) is 1. The van der Waals surface area contributed by atoms with Gasteiger partial charge in [0.1, 0.15) is 0 Å². The van der Waals surface area contributed by atoms with Gasteiger partial charge in [-0.1, -0.05) is 20.8 Å². The smallest absolute Gasteiger partial charge is 0.0462 e. The van der Waals surface area contributed by atoms with Gasteiger partial charge < -0.3 is 10.1 Å². The van der Waals surface area contributed by atoms with Crippen molar-refractivity contribution in [2.24, 2.45) is 11.8 Å². The van der Waals surface area contributed by atoms with E-state index in [-0.39, 0.29) is 0 Å². The molecule has 0 aromatic rings. The van der Waals surface area contributed by atoms with Crippen molar-refractivity contribution in [3.05, 3.63) is 0 Å². The monoisotopic (exact) mass is 201 g/mol. The van der Waals surface area contributed by atoms with Crippen molar-refractivity contribution in [3.63, 3.8) is 0 Å². The molecular weight excluding hydrogens is 174 g/mol. The molecule has 0 aromatic carbocycles. The molecule has 0 radical (unpaired) electrons. The lowest BCUT2D eigenvalue weighted by atomic mass is 9.91. The Labute approximate surface area is 89.4 Å². The van der Waals surface area contributed by atoms with Gasteiger partial charge in [-0.15, -0.1) is 0 Å². The van der Waals surface area contributed by atoms with E-state index in [1.54, 1.807) is 7.11 Å². The summed E-state index contributed by atoms with van der Waals surface area (Å²) in [5.41, 5.74) is 0. The molecule has 2 heteroatoms. The second kappa shape index (κ2) is 9.47. The minimum absolute atomic E-state index is 0.776. The highest BCUT2D eigenvalue weighted by Gasteiger charge is 2.10. The number of methoxy groups -OCH3 is 1. The quantitative estimate of drug-likeness (QED) is 0.579. The SMILES string of the molecule is CCCNCC(C)C(C)CCCOC. The molecule has 0 fully saturated rings. The molecule has 0 saturated carbocycles. The number of rotatable bonds is 9. The second-order valence-corrected chi connectivity index (χ2v) is 4.29. The predicted molar refractivity (Wildman–Crippen MR) is 62.6 cm³/mol. The first kappa shape index (κ1) is 13.9. The van der Waals surface area contributed by atoms with E-state index in [4.69, 9.17) is 4.74 Å². The molecule has 86 valence electrons. The van der Waals surface area contributed by atoms with Crippen LogP contribution in [0.1, 0.15) is 40.0 Å². The highest BCUT2D eigenvalue weighted by Crippen LogP contribution is 2.15. The van der Waals surface area contributed by atoms with Crippen LogP contribution in [0.15, 0.2) is 0 Å². The van der Waals surface area contributed by atoms with Crippen LogP contribution in [0, 0.1) is 11.8 Å². The Morgan fingerprint density at radius 1 is 1.21 bits per heavy atom. The average Bonchev–Trinajstić information content (AvgIpc) is 2.18. The Morgan fingerprint density at radius 2 is 1.93 bits per heavy atom. The minimum Gasteiger partial charge on any atom is -0.385 e. The second-order valence-electron chi connectivity index (χ2n) is 4.29. The van der Waals surface area contributed by atoms with Crippen LogP contribution >= 0.6 is 0 Å². The van der Waals surface area contributed by atoms with Crippen LogP contribution in [0.5, 0.6) is 0 Å². The molecule has 14 heavy (non-hydrogen) atoms. The lowest BCUT2D eigenvalue weighted by Crippen LogP contribution is -2.25. The van der Waals surface area contributed by atoms with Crippen molar-refractivity contribution in [1.82, 2.24) is 5.32 Å². The van der Waals surface area contributed by atoms with Crippen LogP contribution in [0.25, 0.3) is 0 Å². The lowest BCUT2D eigenvalue weighted by Gasteiger charge is -2.20. The predicted octanol–water partition coefficient (Wildman–Crippen LogP) is 2.68. The van der Waals surface area contributed by atoms with Crippen molar-refractivity contribution in [2.75, 3.05) is 26.8 Å².